The average Bonchev–Trinajstić information content (AvgIpc) is 2.52. The van der Waals surface area contributed by atoms with Crippen LogP contribution in [0.1, 0.15) is 30.4 Å². The standard InChI is InChI=1S/C8H13N3O3/c1-5(2)3-9-4-6-10-7(8(12)13)11-14-6/h5,9H,3-4H2,1-2H3,(H,12,13). The molecule has 2 N–H and O–H groups in total. The molecule has 0 radical (unpaired) electrons. The molecule has 78 valence electrons. The minimum Gasteiger partial charge on any atom is -0.475 e. The second-order valence-electron chi connectivity index (χ2n) is 3.34. The van der Waals surface area contributed by atoms with Crippen LogP contribution in [0.2, 0.25) is 0 Å². The molecule has 0 fully saturated rings. The van der Waals surface area contributed by atoms with Crippen molar-refractivity contribution in [2.24, 2.45) is 5.92 Å². The quantitative estimate of drug-likeness (QED) is 0.718. The normalized spacial score (nSPS) is 10.8. The first-order valence-electron chi connectivity index (χ1n) is 4.36. The zero-order chi connectivity index (χ0) is 10.6. The third-order valence-corrected chi connectivity index (χ3v) is 1.49. The number of carboxylic acids is 1. The minimum absolute atomic E-state index is 0.294. The molecule has 0 aromatic carbocycles. The van der Waals surface area contributed by atoms with E-state index in [4.69, 9.17) is 9.63 Å². The summed E-state index contributed by atoms with van der Waals surface area (Å²) in [6.45, 7) is 5.37. The van der Waals surface area contributed by atoms with Crippen LogP contribution in [0.5, 0.6) is 0 Å². The largest absolute Gasteiger partial charge is 0.475 e. The summed E-state index contributed by atoms with van der Waals surface area (Å²) in [7, 11) is 0. The molecule has 0 spiro atoms. The van der Waals surface area contributed by atoms with Gasteiger partial charge in [-0.15, -0.1) is 0 Å². The highest BCUT2D eigenvalue weighted by Crippen LogP contribution is 1.97. The molecular formula is C8H13N3O3. The Hall–Kier alpha value is -1.43. The van der Waals surface area contributed by atoms with Gasteiger partial charge in [0.2, 0.25) is 5.89 Å². The molecule has 1 aromatic rings. The van der Waals surface area contributed by atoms with Crippen LogP contribution in [0.25, 0.3) is 0 Å². The van der Waals surface area contributed by atoms with Crippen LogP contribution >= 0.6 is 0 Å². The molecule has 0 aliphatic carbocycles. The predicted octanol–water partition coefficient (Wildman–Crippen LogP) is 0.513. The Labute approximate surface area is 81.3 Å². The molecule has 0 aliphatic heterocycles. The number of rotatable bonds is 5. The SMILES string of the molecule is CC(C)CNCc1nc(C(=O)O)no1. The third kappa shape index (κ3) is 3.14. The van der Waals surface area contributed by atoms with Crippen molar-refractivity contribution >= 4 is 5.97 Å². The van der Waals surface area contributed by atoms with Crippen molar-refractivity contribution in [2.75, 3.05) is 6.54 Å². The first-order valence-corrected chi connectivity index (χ1v) is 4.36. The molecule has 1 aromatic heterocycles. The van der Waals surface area contributed by atoms with Crippen molar-refractivity contribution in [3.05, 3.63) is 11.7 Å². The Bertz CT molecular complexity index is 309. The molecule has 0 atom stereocenters. The van der Waals surface area contributed by atoms with Crippen molar-refractivity contribution in [1.82, 2.24) is 15.5 Å². The minimum atomic E-state index is -1.18. The van der Waals surface area contributed by atoms with Gasteiger partial charge >= 0.3 is 5.97 Å². The van der Waals surface area contributed by atoms with Gasteiger partial charge in [-0.25, -0.2) is 4.79 Å². The maximum Gasteiger partial charge on any atom is 0.377 e. The Balaban J connectivity index is 2.40. The Kier molecular flexibility index (Phi) is 3.58. The molecule has 0 saturated heterocycles. The summed E-state index contributed by atoms with van der Waals surface area (Å²) in [5.74, 6) is -0.657. The Morgan fingerprint density at radius 1 is 1.64 bits per heavy atom. The van der Waals surface area contributed by atoms with E-state index in [1.165, 1.54) is 0 Å². The first-order chi connectivity index (χ1) is 6.59. The summed E-state index contributed by atoms with van der Waals surface area (Å²) in [6, 6.07) is 0. The zero-order valence-electron chi connectivity index (χ0n) is 8.15. The van der Waals surface area contributed by atoms with Crippen LogP contribution in [0.3, 0.4) is 0 Å². The molecule has 0 saturated carbocycles. The molecule has 0 bridgehead atoms. The highest BCUT2D eigenvalue weighted by atomic mass is 16.5. The molecule has 6 nitrogen and oxygen atoms in total. The number of hydrogen-bond acceptors (Lipinski definition) is 5. The molecular weight excluding hydrogens is 186 g/mol. The van der Waals surface area contributed by atoms with Crippen LogP contribution in [0.15, 0.2) is 4.52 Å². The average molecular weight is 199 g/mol. The number of nitrogens with one attached hydrogen (secondary N) is 1. The van der Waals surface area contributed by atoms with Crippen LogP contribution in [-0.2, 0) is 6.54 Å². The third-order valence-electron chi connectivity index (χ3n) is 1.49. The fourth-order valence-corrected chi connectivity index (χ4v) is 0.881. The highest BCUT2D eigenvalue weighted by Gasteiger charge is 2.11. The number of nitrogens with zero attached hydrogens (tertiary/aromatic N) is 2. The van der Waals surface area contributed by atoms with Gasteiger partial charge in [-0.05, 0) is 17.6 Å². The van der Waals surface area contributed by atoms with E-state index in [9.17, 15) is 4.79 Å². The summed E-state index contributed by atoms with van der Waals surface area (Å²) >= 11 is 0. The molecule has 0 amide bonds. The van der Waals surface area contributed by atoms with Crippen molar-refractivity contribution in [2.45, 2.75) is 20.4 Å². The van der Waals surface area contributed by atoms with E-state index in [-0.39, 0.29) is 5.82 Å². The van der Waals surface area contributed by atoms with Gasteiger partial charge in [0.15, 0.2) is 0 Å². The van der Waals surface area contributed by atoms with Crippen LogP contribution < -0.4 is 5.32 Å². The van der Waals surface area contributed by atoms with Gasteiger partial charge in [0, 0.05) is 0 Å². The molecule has 1 rings (SSSR count). The fraction of sp³-hybridized carbons (Fsp3) is 0.625. The van der Waals surface area contributed by atoms with E-state index in [1.54, 1.807) is 0 Å². The summed E-state index contributed by atoms with van der Waals surface area (Å²) < 4.78 is 4.70. The van der Waals surface area contributed by atoms with Gasteiger partial charge in [-0.2, -0.15) is 4.98 Å². The van der Waals surface area contributed by atoms with E-state index >= 15 is 0 Å². The molecule has 6 heteroatoms. The maximum atomic E-state index is 10.4. The van der Waals surface area contributed by atoms with Gasteiger partial charge in [0.1, 0.15) is 0 Å². The van der Waals surface area contributed by atoms with Gasteiger partial charge in [0.25, 0.3) is 5.82 Å². The second-order valence-corrected chi connectivity index (χ2v) is 3.34. The Morgan fingerprint density at radius 3 is 2.86 bits per heavy atom. The number of carbonyl (C=O) groups is 1. The first kappa shape index (κ1) is 10.6. The summed E-state index contributed by atoms with van der Waals surface area (Å²) in [5.41, 5.74) is 0. The van der Waals surface area contributed by atoms with Gasteiger partial charge in [-0.3, -0.25) is 0 Å². The van der Waals surface area contributed by atoms with E-state index in [0.717, 1.165) is 6.54 Å². The molecule has 1 heterocycles. The van der Waals surface area contributed by atoms with Crippen molar-refractivity contribution in [3.63, 3.8) is 0 Å². The topological polar surface area (TPSA) is 88.2 Å². The lowest BCUT2D eigenvalue weighted by Gasteiger charge is -2.03. The van der Waals surface area contributed by atoms with Gasteiger partial charge in [0.05, 0.1) is 6.54 Å². The van der Waals surface area contributed by atoms with Gasteiger partial charge in [-0.1, -0.05) is 13.8 Å². The molecule has 14 heavy (non-hydrogen) atoms. The van der Waals surface area contributed by atoms with Crippen LogP contribution in [0.4, 0.5) is 0 Å². The lowest BCUT2D eigenvalue weighted by atomic mass is 10.2. The second kappa shape index (κ2) is 4.71. The summed E-state index contributed by atoms with van der Waals surface area (Å²) in [6.07, 6.45) is 0. The van der Waals surface area contributed by atoms with Gasteiger partial charge < -0.3 is 14.9 Å². The zero-order valence-corrected chi connectivity index (χ0v) is 8.15. The molecule has 0 aliphatic rings. The monoisotopic (exact) mass is 199 g/mol. The van der Waals surface area contributed by atoms with Crippen molar-refractivity contribution in [1.29, 1.82) is 0 Å². The lowest BCUT2D eigenvalue weighted by Crippen LogP contribution is -2.19. The van der Waals surface area contributed by atoms with E-state index < -0.39 is 5.97 Å². The van der Waals surface area contributed by atoms with Crippen molar-refractivity contribution in [3.8, 4) is 0 Å². The Morgan fingerprint density at radius 2 is 2.36 bits per heavy atom. The fourth-order valence-electron chi connectivity index (χ4n) is 0.881. The lowest BCUT2D eigenvalue weighted by molar-refractivity contribution is 0.0680. The number of aromatic carboxylic acids is 1. The summed E-state index contributed by atoms with van der Waals surface area (Å²) in [5, 5.41) is 14.9. The highest BCUT2D eigenvalue weighted by molar-refractivity contribution is 5.82. The molecule has 0 unspecified atom stereocenters. The van der Waals surface area contributed by atoms with E-state index in [0.29, 0.717) is 18.4 Å². The van der Waals surface area contributed by atoms with Crippen LogP contribution in [-0.4, -0.2) is 27.8 Å². The van der Waals surface area contributed by atoms with E-state index in [2.05, 4.69) is 29.3 Å². The smallest absolute Gasteiger partial charge is 0.377 e. The predicted molar refractivity (Wildman–Crippen MR) is 47.8 cm³/mol. The number of carboxylic acid groups (broad SMARTS) is 1. The van der Waals surface area contributed by atoms with Crippen molar-refractivity contribution < 1.29 is 14.4 Å². The van der Waals surface area contributed by atoms with Crippen LogP contribution in [0, 0.1) is 5.92 Å². The maximum absolute atomic E-state index is 10.4. The number of hydrogen-bond donors (Lipinski definition) is 2. The summed E-state index contributed by atoms with van der Waals surface area (Å²) in [4.78, 5) is 14.1. The van der Waals surface area contributed by atoms with E-state index in [1.807, 2.05) is 0 Å². The number of aromatic nitrogens is 2.